The maximum absolute atomic E-state index is 11.1. The van der Waals surface area contributed by atoms with E-state index in [4.69, 9.17) is 14.7 Å². The van der Waals surface area contributed by atoms with Gasteiger partial charge in [-0.15, -0.1) is 0 Å². The van der Waals surface area contributed by atoms with Gasteiger partial charge in [0, 0.05) is 11.5 Å². The van der Waals surface area contributed by atoms with Crippen LogP contribution >= 0.6 is 0 Å². The van der Waals surface area contributed by atoms with Crippen LogP contribution in [-0.4, -0.2) is 32.4 Å². The van der Waals surface area contributed by atoms with Crippen LogP contribution in [0.2, 0.25) is 0 Å². The Kier molecular flexibility index (Phi) is 4.62. The summed E-state index contributed by atoms with van der Waals surface area (Å²) in [4.78, 5) is 22.1. The molecule has 21 heavy (non-hydrogen) atoms. The highest BCUT2D eigenvalue weighted by Crippen LogP contribution is 2.46. The molecule has 1 aromatic heterocycles. The average molecular weight is 297 g/mol. The molecule has 0 saturated heterocycles. The number of hydrogen-bond acceptors (Lipinski definition) is 5. The Labute approximate surface area is 121 Å². The highest BCUT2D eigenvalue weighted by atomic mass is 16.5. The Morgan fingerprint density at radius 3 is 2.38 bits per heavy atom. The van der Waals surface area contributed by atoms with Crippen molar-refractivity contribution < 1.29 is 29.4 Å². The average Bonchev–Trinajstić information content (AvgIpc) is 3.19. The lowest BCUT2D eigenvalue weighted by Crippen LogP contribution is -2.25. The number of nitrogens with zero attached hydrogens (tertiary/aromatic N) is 1. The van der Waals surface area contributed by atoms with Gasteiger partial charge in [-0.05, 0) is 31.6 Å². The molecule has 1 aromatic rings. The molecule has 0 aliphatic heterocycles. The highest BCUT2D eigenvalue weighted by Gasteiger charge is 2.37. The number of aromatic nitrogens is 1. The van der Waals surface area contributed by atoms with Crippen LogP contribution in [0, 0.1) is 5.92 Å². The second-order valence-electron chi connectivity index (χ2n) is 5.41. The van der Waals surface area contributed by atoms with Gasteiger partial charge in [0.25, 0.3) is 0 Å². The molecule has 0 aromatic carbocycles. The van der Waals surface area contributed by atoms with E-state index in [9.17, 15) is 14.7 Å². The summed E-state index contributed by atoms with van der Waals surface area (Å²) in [6.45, 7) is 1.60. The van der Waals surface area contributed by atoms with Crippen LogP contribution in [0.3, 0.4) is 0 Å². The fourth-order valence-corrected chi connectivity index (χ4v) is 2.63. The topological polar surface area (TPSA) is 121 Å². The second-order valence-corrected chi connectivity index (χ2v) is 5.41. The van der Waals surface area contributed by atoms with Gasteiger partial charge in [0.05, 0.1) is 5.69 Å². The number of aliphatic hydroxyl groups is 1. The van der Waals surface area contributed by atoms with Gasteiger partial charge in [0.2, 0.25) is 0 Å². The molecule has 3 N–H and O–H groups in total. The largest absolute Gasteiger partial charge is 0.481 e. The van der Waals surface area contributed by atoms with Crippen molar-refractivity contribution >= 4 is 11.9 Å². The van der Waals surface area contributed by atoms with Crippen LogP contribution in [0.5, 0.6) is 0 Å². The van der Waals surface area contributed by atoms with Gasteiger partial charge >= 0.3 is 11.9 Å². The first-order chi connectivity index (χ1) is 9.99. The highest BCUT2D eigenvalue weighted by molar-refractivity contribution is 5.92. The van der Waals surface area contributed by atoms with Crippen LogP contribution in [-0.2, 0) is 16.2 Å². The molecular weight excluding hydrogens is 278 g/mol. The predicted molar refractivity (Wildman–Crippen MR) is 70.8 cm³/mol. The first-order valence-corrected chi connectivity index (χ1v) is 7.04. The quantitative estimate of drug-likeness (QED) is 0.624. The minimum atomic E-state index is -1.46. The van der Waals surface area contributed by atoms with Gasteiger partial charge in [0.15, 0.2) is 11.7 Å². The molecule has 1 heterocycles. The van der Waals surface area contributed by atoms with E-state index < -0.39 is 17.9 Å². The van der Waals surface area contributed by atoms with E-state index >= 15 is 0 Å². The molecule has 0 unspecified atom stereocenters. The van der Waals surface area contributed by atoms with E-state index in [0.29, 0.717) is 17.9 Å². The zero-order valence-corrected chi connectivity index (χ0v) is 11.8. The third kappa shape index (κ3) is 3.24. The predicted octanol–water partition coefficient (Wildman–Crippen LogP) is 1.71. The third-order valence-electron chi connectivity index (χ3n) is 3.96. The van der Waals surface area contributed by atoms with Crippen LogP contribution < -0.4 is 0 Å². The number of aliphatic carboxylic acids is 2. The number of aliphatic hydroxyl groups excluding tert-OH is 1. The summed E-state index contributed by atoms with van der Waals surface area (Å²) >= 11 is 0. The number of carboxylic acids is 2. The first kappa shape index (κ1) is 15.5. The van der Waals surface area contributed by atoms with Crippen molar-refractivity contribution in [2.75, 3.05) is 0 Å². The fourth-order valence-electron chi connectivity index (χ4n) is 2.63. The van der Waals surface area contributed by atoms with Gasteiger partial charge in [-0.2, -0.15) is 0 Å². The Bertz CT molecular complexity index is 520. The minimum absolute atomic E-state index is 0.0295. The molecule has 0 spiro atoms. The summed E-state index contributed by atoms with van der Waals surface area (Å²) in [5.74, 6) is -3.76. The van der Waals surface area contributed by atoms with E-state index in [1.54, 1.807) is 0 Å². The molecule has 1 atom stereocenters. The van der Waals surface area contributed by atoms with Crippen LogP contribution in [0.4, 0.5) is 0 Å². The van der Waals surface area contributed by atoms with Gasteiger partial charge in [0.1, 0.15) is 6.61 Å². The maximum Gasteiger partial charge on any atom is 0.317 e. The molecule has 7 heteroatoms. The molecule has 116 valence electrons. The fraction of sp³-hybridized carbons (Fsp3) is 0.643. The van der Waals surface area contributed by atoms with Gasteiger partial charge in [-0.3, -0.25) is 9.59 Å². The Morgan fingerprint density at radius 1 is 1.33 bits per heavy atom. The third-order valence-corrected chi connectivity index (χ3v) is 3.96. The van der Waals surface area contributed by atoms with Crippen LogP contribution in [0.25, 0.3) is 0 Å². The normalized spacial score (nSPS) is 16.1. The Morgan fingerprint density at radius 2 is 1.95 bits per heavy atom. The smallest absolute Gasteiger partial charge is 0.317 e. The standard InChI is InChI=1S/C14H19NO6/c1-2-7(5-9(13(17)18)14(19)20)12-11(8-3-4-8)10(6-16)21-15-12/h7-9,16H,2-6H2,1H3,(H,17,18)(H,19,20)/t7-/m1/s1. The maximum atomic E-state index is 11.1. The molecule has 7 nitrogen and oxygen atoms in total. The Balaban J connectivity index is 2.27. The van der Waals surface area contributed by atoms with Crippen molar-refractivity contribution in [3.05, 3.63) is 17.0 Å². The van der Waals surface area contributed by atoms with Crippen molar-refractivity contribution in [3.63, 3.8) is 0 Å². The number of carbonyl (C=O) groups is 2. The summed E-state index contributed by atoms with van der Waals surface area (Å²) in [5.41, 5.74) is 1.45. The minimum Gasteiger partial charge on any atom is -0.481 e. The molecule has 2 rings (SSSR count). The summed E-state index contributed by atoms with van der Waals surface area (Å²) in [7, 11) is 0. The SMILES string of the molecule is CC[C@H](CC(C(=O)O)C(=O)O)c1noc(CO)c1C1CC1. The zero-order chi connectivity index (χ0) is 15.6. The number of hydrogen-bond donors (Lipinski definition) is 3. The summed E-state index contributed by atoms with van der Waals surface area (Å²) in [6, 6.07) is 0. The van der Waals surface area contributed by atoms with Crippen molar-refractivity contribution in [2.45, 2.75) is 51.0 Å². The lowest BCUT2D eigenvalue weighted by molar-refractivity contribution is -0.155. The summed E-state index contributed by atoms with van der Waals surface area (Å²) in [6.07, 6.45) is 2.50. The van der Waals surface area contributed by atoms with E-state index in [1.165, 1.54) is 0 Å². The first-order valence-electron chi connectivity index (χ1n) is 7.04. The molecule has 1 fully saturated rings. The molecule has 0 radical (unpaired) electrons. The van der Waals surface area contributed by atoms with Gasteiger partial charge in [-0.25, -0.2) is 0 Å². The second kappa shape index (κ2) is 6.26. The van der Waals surface area contributed by atoms with Crippen molar-refractivity contribution in [1.29, 1.82) is 0 Å². The van der Waals surface area contributed by atoms with Gasteiger partial charge in [-0.1, -0.05) is 12.1 Å². The molecule has 0 bridgehead atoms. The van der Waals surface area contributed by atoms with E-state index in [1.807, 2.05) is 6.92 Å². The lowest BCUT2D eigenvalue weighted by Gasteiger charge is -2.16. The molecule has 1 aliphatic carbocycles. The van der Waals surface area contributed by atoms with Crippen molar-refractivity contribution in [2.24, 2.45) is 5.92 Å². The molecule has 1 aliphatic rings. The van der Waals surface area contributed by atoms with E-state index in [2.05, 4.69) is 5.16 Å². The molecule has 1 saturated carbocycles. The molecular formula is C14H19NO6. The molecule has 0 amide bonds. The lowest BCUT2D eigenvalue weighted by atomic mass is 9.87. The summed E-state index contributed by atoms with van der Waals surface area (Å²) < 4.78 is 5.14. The summed E-state index contributed by atoms with van der Waals surface area (Å²) in [5, 5.41) is 31.3. The Hall–Kier alpha value is -1.89. The van der Waals surface area contributed by atoms with Crippen molar-refractivity contribution in [1.82, 2.24) is 5.16 Å². The monoisotopic (exact) mass is 297 g/mol. The van der Waals surface area contributed by atoms with E-state index in [-0.39, 0.29) is 24.9 Å². The van der Waals surface area contributed by atoms with E-state index in [0.717, 1.165) is 18.4 Å². The van der Waals surface area contributed by atoms with Crippen molar-refractivity contribution in [3.8, 4) is 0 Å². The van der Waals surface area contributed by atoms with Gasteiger partial charge < -0.3 is 19.8 Å². The number of carboxylic acid groups (broad SMARTS) is 2. The number of rotatable bonds is 8. The van der Waals surface area contributed by atoms with Crippen LogP contribution in [0.1, 0.15) is 61.5 Å². The zero-order valence-electron chi connectivity index (χ0n) is 11.8. The van der Waals surface area contributed by atoms with Crippen LogP contribution in [0.15, 0.2) is 4.52 Å².